The van der Waals surface area contributed by atoms with Gasteiger partial charge < -0.3 is 5.73 Å². The maximum atomic E-state index is 11.9. The second-order valence-corrected chi connectivity index (χ2v) is 6.21. The fourth-order valence-electron chi connectivity index (χ4n) is 0.938. The Morgan fingerprint density at radius 2 is 2.20 bits per heavy atom. The van der Waals surface area contributed by atoms with Gasteiger partial charge in [0.05, 0.1) is 0 Å². The first kappa shape index (κ1) is 14.9. The van der Waals surface area contributed by atoms with E-state index in [0.29, 0.717) is 10.8 Å². The summed E-state index contributed by atoms with van der Waals surface area (Å²) in [5, 5.41) is 1.74. The summed E-state index contributed by atoms with van der Waals surface area (Å²) in [5.74, 6) is 0. The SMILES string of the molecule is CC(CN)N(C)S(=O)(=O)c1cccs1.Cl. The summed E-state index contributed by atoms with van der Waals surface area (Å²) in [6, 6.07) is 3.14. The number of sulfonamides is 1. The minimum Gasteiger partial charge on any atom is -0.329 e. The number of halogens is 1. The van der Waals surface area contributed by atoms with Crippen molar-refractivity contribution in [2.75, 3.05) is 13.6 Å². The molecule has 4 nitrogen and oxygen atoms in total. The Hall–Kier alpha value is -0.140. The van der Waals surface area contributed by atoms with Crippen LogP contribution in [-0.4, -0.2) is 32.4 Å². The monoisotopic (exact) mass is 270 g/mol. The van der Waals surface area contributed by atoms with Gasteiger partial charge in [0.15, 0.2) is 0 Å². The van der Waals surface area contributed by atoms with E-state index in [4.69, 9.17) is 5.73 Å². The summed E-state index contributed by atoms with van der Waals surface area (Å²) < 4.78 is 25.4. The summed E-state index contributed by atoms with van der Waals surface area (Å²) in [7, 11) is -1.79. The largest absolute Gasteiger partial charge is 0.329 e. The highest BCUT2D eigenvalue weighted by molar-refractivity contribution is 7.91. The van der Waals surface area contributed by atoms with Gasteiger partial charge in [0.2, 0.25) is 0 Å². The molecule has 0 aromatic carbocycles. The molecule has 1 aromatic rings. The number of nitrogens with zero attached hydrogens (tertiary/aromatic N) is 1. The van der Waals surface area contributed by atoms with Crippen molar-refractivity contribution in [2.45, 2.75) is 17.2 Å². The molecule has 0 saturated heterocycles. The van der Waals surface area contributed by atoms with E-state index < -0.39 is 10.0 Å². The second-order valence-electron chi connectivity index (χ2n) is 3.04. The van der Waals surface area contributed by atoms with Gasteiger partial charge in [-0.2, -0.15) is 4.31 Å². The summed E-state index contributed by atoms with van der Waals surface area (Å²) in [4.78, 5) is 0. The van der Waals surface area contributed by atoms with Crippen molar-refractivity contribution < 1.29 is 8.42 Å². The van der Waals surface area contributed by atoms with E-state index in [2.05, 4.69) is 0 Å². The molecule has 0 fully saturated rings. The van der Waals surface area contributed by atoms with Crippen LogP contribution in [0.4, 0.5) is 0 Å². The van der Waals surface area contributed by atoms with Gasteiger partial charge in [-0.3, -0.25) is 0 Å². The van der Waals surface area contributed by atoms with Gasteiger partial charge in [-0.15, -0.1) is 23.7 Å². The molecule has 0 spiro atoms. The zero-order chi connectivity index (χ0) is 10.8. The number of thiophene rings is 1. The third-order valence-electron chi connectivity index (χ3n) is 2.09. The fraction of sp³-hybridized carbons (Fsp3) is 0.500. The zero-order valence-corrected chi connectivity index (χ0v) is 11.0. The number of hydrogen-bond acceptors (Lipinski definition) is 4. The van der Waals surface area contributed by atoms with Gasteiger partial charge in [-0.1, -0.05) is 6.07 Å². The van der Waals surface area contributed by atoms with E-state index >= 15 is 0 Å². The molecule has 15 heavy (non-hydrogen) atoms. The Labute approximate surface area is 101 Å². The zero-order valence-electron chi connectivity index (χ0n) is 8.58. The Bertz CT molecular complexity index is 377. The molecule has 1 rings (SSSR count). The van der Waals surface area contributed by atoms with Crippen molar-refractivity contribution in [3.8, 4) is 0 Å². The Morgan fingerprint density at radius 3 is 2.60 bits per heavy atom. The average molecular weight is 271 g/mol. The highest BCUT2D eigenvalue weighted by atomic mass is 35.5. The van der Waals surface area contributed by atoms with E-state index in [1.165, 1.54) is 15.6 Å². The molecule has 0 radical (unpaired) electrons. The predicted octanol–water partition coefficient (Wildman–Crippen LogP) is 1.14. The minimum absolute atomic E-state index is 0. The molecule has 7 heteroatoms. The molecule has 1 unspecified atom stereocenters. The summed E-state index contributed by atoms with van der Waals surface area (Å²) in [6.45, 7) is 2.10. The van der Waals surface area contributed by atoms with Crippen LogP contribution in [0.2, 0.25) is 0 Å². The van der Waals surface area contributed by atoms with E-state index in [9.17, 15) is 8.42 Å². The Balaban J connectivity index is 0.00000196. The topological polar surface area (TPSA) is 63.4 Å². The van der Waals surface area contributed by atoms with Crippen LogP contribution in [0.15, 0.2) is 21.7 Å². The van der Waals surface area contributed by atoms with Crippen molar-refractivity contribution in [1.82, 2.24) is 4.31 Å². The number of likely N-dealkylation sites (N-methyl/N-ethyl adjacent to an activating group) is 1. The summed E-state index contributed by atoms with van der Waals surface area (Å²) in [5.41, 5.74) is 5.42. The standard InChI is InChI=1S/C8H14N2O2S2.ClH/c1-7(6-9)10(2)14(11,12)8-4-3-5-13-8;/h3-5,7H,6,9H2,1-2H3;1H. The lowest BCUT2D eigenvalue weighted by molar-refractivity contribution is 0.395. The third kappa shape index (κ3) is 3.15. The van der Waals surface area contributed by atoms with E-state index in [-0.39, 0.29) is 18.4 Å². The number of nitrogens with two attached hydrogens (primary N) is 1. The van der Waals surface area contributed by atoms with Crippen LogP contribution in [0, 0.1) is 0 Å². The number of hydrogen-bond donors (Lipinski definition) is 1. The maximum Gasteiger partial charge on any atom is 0.252 e. The molecule has 1 heterocycles. The Morgan fingerprint density at radius 1 is 1.60 bits per heavy atom. The van der Waals surface area contributed by atoms with Crippen molar-refractivity contribution in [1.29, 1.82) is 0 Å². The van der Waals surface area contributed by atoms with Crippen LogP contribution >= 0.6 is 23.7 Å². The molecule has 0 aliphatic carbocycles. The first-order valence-electron chi connectivity index (χ1n) is 4.21. The quantitative estimate of drug-likeness (QED) is 0.892. The van der Waals surface area contributed by atoms with Crippen molar-refractivity contribution in [2.24, 2.45) is 5.73 Å². The average Bonchev–Trinajstić information content (AvgIpc) is 2.68. The molecule has 0 bridgehead atoms. The van der Waals surface area contributed by atoms with Gasteiger partial charge in [-0.05, 0) is 18.4 Å². The lowest BCUT2D eigenvalue weighted by atomic mass is 10.4. The smallest absolute Gasteiger partial charge is 0.252 e. The Kier molecular flexibility index (Phi) is 5.76. The van der Waals surface area contributed by atoms with E-state index in [0.717, 1.165) is 0 Å². The minimum atomic E-state index is -3.34. The van der Waals surface area contributed by atoms with Gasteiger partial charge in [-0.25, -0.2) is 8.42 Å². The fourth-order valence-corrected chi connectivity index (χ4v) is 3.49. The molecule has 0 aliphatic rings. The first-order chi connectivity index (χ1) is 6.50. The predicted molar refractivity (Wildman–Crippen MR) is 65.0 cm³/mol. The second kappa shape index (κ2) is 5.81. The molecular weight excluding hydrogens is 256 g/mol. The molecule has 1 atom stereocenters. The summed E-state index contributed by atoms with van der Waals surface area (Å²) >= 11 is 1.22. The van der Waals surface area contributed by atoms with Crippen LogP contribution in [-0.2, 0) is 10.0 Å². The summed E-state index contributed by atoms with van der Waals surface area (Å²) in [6.07, 6.45) is 0. The van der Waals surface area contributed by atoms with Gasteiger partial charge in [0, 0.05) is 19.6 Å². The van der Waals surface area contributed by atoms with Crippen molar-refractivity contribution in [3.63, 3.8) is 0 Å². The molecule has 0 aliphatic heterocycles. The first-order valence-corrected chi connectivity index (χ1v) is 6.53. The van der Waals surface area contributed by atoms with Gasteiger partial charge >= 0.3 is 0 Å². The normalized spacial score (nSPS) is 13.6. The molecule has 1 aromatic heterocycles. The van der Waals surface area contributed by atoms with Crippen LogP contribution in [0.5, 0.6) is 0 Å². The molecule has 2 N–H and O–H groups in total. The molecule has 0 amide bonds. The van der Waals surface area contributed by atoms with Gasteiger partial charge in [0.25, 0.3) is 10.0 Å². The van der Waals surface area contributed by atoms with Crippen LogP contribution in [0.3, 0.4) is 0 Å². The van der Waals surface area contributed by atoms with Crippen LogP contribution < -0.4 is 5.73 Å². The molecule has 0 saturated carbocycles. The van der Waals surface area contributed by atoms with Crippen molar-refractivity contribution >= 4 is 33.8 Å². The molecule has 88 valence electrons. The van der Waals surface area contributed by atoms with Crippen LogP contribution in [0.25, 0.3) is 0 Å². The number of rotatable bonds is 4. The highest BCUT2D eigenvalue weighted by Crippen LogP contribution is 2.20. The third-order valence-corrected chi connectivity index (χ3v) is 5.44. The lowest BCUT2D eigenvalue weighted by Crippen LogP contribution is -2.39. The lowest BCUT2D eigenvalue weighted by Gasteiger charge is -2.21. The van der Waals surface area contributed by atoms with Crippen LogP contribution in [0.1, 0.15) is 6.92 Å². The van der Waals surface area contributed by atoms with Crippen molar-refractivity contribution in [3.05, 3.63) is 17.5 Å². The van der Waals surface area contributed by atoms with E-state index in [1.807, 2.05) is 0 Å². The highest BCUT2D eigenvalue weighted by Gasteiger charge is 2.25. The molecular formula is C8H15ClN2O2S2. The maximum absolute atomic E-state index is 11.9. The van der Waals surface area contributed by atoms with Gasteiger partial charge in [0.1, 0.15) is 4.21 Å². The van der Waals surface area contributed by atoms with E-state index in [1.54, 1.807) is 31.5 Å².